The number of aryl methyl sites for hydroxylation is 1. The van der Waals surface area contributed by atoms with Gasteiger partial charge in [0.05, 0.1) is 5.56 Å². The summed E-state index contributed by atoms with van der Waals surface area (Å²) >= 11 is 2.03. The molecule has 0 spiro atoms. The molecule has 1 heterocycles. The lowest BCUT2D eigenvalue weighted by Crippen LogP contribution is -2.10. The van der Waals surface area contributed by atoms with Crippen molar-refractivity contribution in [1.82, 2.24) is 4.57 Å². The Kier molecular flexibility index (Phi) is 4.05. The fourth-order valence-corrected chi connectivity index (χ4v) is 4.23. The largest absolute Gasteiger partial charge is 0.478 e. The topological polar surface area (TPSA) is 42.2 Å². The molecule has 1 N–H and O–H groups in total. The monoisotopic (exact) mass is 267 g/mol. The minimum absolute atomic E-state index is 0.457. The lowest BCUT2D eigenvalue weighted by molar-refractivity contribution is 0.0696. The molecular weight excluding hydrogens is 246 g/mol. The number of carboxylic acids is 1. The maximum atomic E-state index is 11.2. The molecular formula is C14H21NO2S. The maximum absolute atomic E-state index is 11.2. The van der Waals surface area contributed by atoms with Crippen LogP contribution in [0.25, 0.3) is 0 Å². The van der Waals surface area contributed by atoms with E-state index in [0.29, 0.717) is 11.6 Å². The molecule has 100 valence electrons. The summed E-state index contributed by atoms with van der Waals surface area (Å²) in [6, 6.07) is 2.29. The molecule has 1 aliphatic rings. The Balaban J connectivity index is 2.22. The van der Waals surface area contributed by atoms with Crippen molar-refractivity contribution in [2.75, 3.05) is 5.75 Å². The van der Waals surface area contributed by atoms with Gasteiger partial charge in [0.25, 0.3) is 0 Å². The number of aromatic carboxylic acids is 1. The third-order valence-electron chi connectivity index (χ3n) is 3.84. The van der Waals surface area contributed by atoms with Crippen LogP contribution in [0.2, 0.25) is 0 Å². The van der Waals surface area contributed by atoms with E-state index in [0.717, 1.165) is 16.6 Å². The van der Waals surface area contributed by atoms with Crippen LogP contribution in [0.4, 0.5) is 0 Å². The van der Waals surface area contributed by atoms with Crippen molar-refractivity contribution >= 4 is 17.7 Å². The molecule has 0 radical (unpaired) electrons. The predicted molar refractivity (Wildman–Crippen MR) is 75.7 cm³/mol. The van der Waals surface area contributed by atoms with Gasteiger partial charge in [0.1, 0.15) is 0 Å². The van der Waals surface area contributed by atoms with Gasteiger partial charge in [-0.15, -0.1) is 0 Å². The molecule has 0 bridgehead atoms. The van der Waals surface area contributed by atoms with E-state index in [-0.39, 0.29) is 0 Å². The van der Waals surface area contributed by atoms with Gasteiger partial charge in [-0.05, 0) is 44.9 Å². The van der Waals surface area contributed by atoms with Crippen LogP contribution >= 0.6 is 11.8 Å². The molecule has 2 rings (SSSR count). The zero-order valence-electron chi connectivity index (χ0n) is 11.3. The molecule has 1 aliphatic carbocycles. The van der Waals surface area contributed by atoms with Crippen molar-refractivity contribution in [2.45, 2.75) is 51.3 Å². The average Bonchev–Trinajstić information content (AvgIpc) is 2.84. The van der Waals surface area contributed by atoms with E-state index < -0.39 is 5.97 Å². The molecule has 2 atom stereocenters. The van der Waals surface area contributed by atoms with Crippen LogP contribution in [0.5, 0.6) is 0 Å². The highest BCUT2D eigenvalue weighted by Gasteiger charge is 2.28. The number of rotatable bonds is 4. The molecule has 2 unspecified atom stereocenters. The molecule has 1 fully saturated rings. The average molecular weight is 267 g/mol. The summed E-state index contributed by atoms with van der Waals surface area (Å²) in [6.45, 7) is 6.14. The Bertz CT molecular complexity index is 453. The zero-order chi connectivity index (χ0) is 13.3. The molecule has 0 aliphatic heterocycles. The summed E-state index contributed by atoms with van der Waals surface area (Å²) in [7, 11) is 0. The highest BCUT2D eigenvalue weighted by molar-refractivity contribution is 7.99. The number of aromatic nitrogens is 1. The number of hydrogen-bond acceptors (Lipinski definition) is 2. The van der Waals surface area contributed by atoms with Crippen molar-refractivity contribution in [3.05, 3.63) is 23.0 Å². The van der Waals surface area contributed by atoms with Crippen LogP contribution in [0.1, 0.15) is 54.0 Å². The van der Waals surface area contributed by atoms with Gasteiger partial charge < -0.3 is 9.67 Å². The van der Waals surface area contributed by atoms with Gasteiger partial charge in [0.15, 0.2) is 0 Å². The summed E-state index contributed by atoms with van der Waals surface area (Å²) < 4.78 is 2.24. The molecule has 0 saturated heterocycles. The van der Waals surface area contributed by atoms with E-state index in [9.17, 15) is 4.79 Å². The number of nitrogens with zero attached hydrogens (tertiary/aromatic N) is 1. The highest BCUT2D eigenvalue weighted by Crippen LogP contribution is 2.39. The van der Waals surface area contributed by atoms with Gasteiger partial charge in [0.2, 0.25) is 0 Å². The normalized spacial score (nSPS) is 23.5. The quantitative estimate of drug-likeness (QED) is 0.905. The highest BCUT2D eigenvalue weighted by atomic mass is 32.2. The second kappa shape index (κ2) is 5.39. The van der Waals surface area contributed by atoms with Crippen molar-refractivity contribution < 1.29 is 9.90 Å². The molecule has 1 aromatic heterocycles. The van der Waals surface area contributed by atoms with Crippen LogP contribution < -0.4 is 0 Å². The van der Waals surface area contributed by atoms with E-state index >= 15 is 0 Å². The second-order valence-corrected chi connectivity index (χ2v) is 6.58. The minimum Gasteiger partial charge on any atom is -0.478 e. The lowest BCUT2D eigenvalue weighted by Gasteiger charge is -2.18. The Morgan fingerprint density at radius 3 is 2.78 bits per heavy atom. The first-order valence-electron chi connectivity index (χ1n) is 6.57. The Morgan fingerprint density at radius 2 is 2.22 bits per heavy atom. The SMILES string of the molecule is CCSC1CCC(n2c(C)cc(C(=O)O)c2C)C1. The van der Waals surface area contributed by atoms with E-state index in [1.54, 1.807) is 6.07 Å². The van der Waals surface area contributed by atoms with Gasteiger partial charge in [-0.1, -0.05) is 6.92 Å². The second-order valence-electron chi connectivity index (χ2n) is 5.00. The first-order chi connectivity index (χ1) is 8.54. The van der Waals surface area contributed by atoms with E-state index in [1.165, 1.54) is 25.0 Å². The van der Waals surface area contributed by atoms with Gasteiger partial charge in [-0.25, -0.2) is 4.79 Å². The van der Waals surface area contributed by atoms with Gasteiger partial charge in [-0.3, -0.25) is 0 Å². The standard InChI is InChI=1S/C14H21NO2S/c1-4-18-12-6-5-11(8-12)15-9(2)7-13(10(15)3)14(16)17/h7,11-12H,4-6,8H2,1-3H3,(H,16,17). The number of hydrogen-bond donors (Lipinski definition) is 1. The Morgan fingerprint density at radius 1 is 1.50 bits per heavy atom. The molecule has 4 heteroatoms. The van der Waals surface area contributed by atoms with Crippen LogP contribution in [0, 0.1) is 13.8 Å². The van der Waals surface area contributed by atoms with Crippen molar-refractivity contribution in [2.24, 2.45) is 0 Å². The number of thioether (sulfide) groups is 1. The lowest BCUT2D eigenvalue weighted by atomic mass is 10.2. The first-order valence-corrected chi connectivity index (χ1v) is 7.62. The van der Waals surface area contributed by atoms with E-state index in [1.807, 2.05) is 25.6 Å². The third kappa shape index (κ3) is 2.44. The summed E-state index contributed by atoms with van der Waals surface area (Å²) in [6.07, 6.45) is 3.60. The Labute approximate surface area is 113 Å². The molecule has 3 nitrogen and oxygen atoms in total. The van der Waals surface area contributed by atoms with Gasteiger partial charge in [0, 0.05) is 22.7 Å². The number of carbonyl (C=O) groups is 1. The summed E-state index contributed by atoms with van der Waals surface area (Å²) in [5.41, 5.74) is 2.45. The van der Waals surface area contributed by atoms with Gasteiger partial charge in [-0.2, -0.15) is 11.8 Å². The van der Waals surface area contributed by atoms with Crippen LogP contribution in [0.15, 0.2) is 6.07 Å². The number of carboxylic acid groups (broad SMARTS) is 1. The molecule has 1 saturated carbocycles. The fraction of sp³-hybridized carbons (Fsp3) is 0.643. The smallest absolute Gasteiger partial charge is 0.337 e. The van der Waals surface area contributed by atoms with Crippen LogP contribution in [-0.2, 0) is 0 Å². The molecule has 0 aromatic carbocycles. The first kappa shape index (κ1) is 13.5. The summed E-state index contributed by atoms with van der Waals surface area (Å²) in [5, 5.41) is 9.91. The predicted octanol–water partition coefficient (Wildman–Crippen LogP) is 3.65. The molecule has 0 amide bonds. The van der Waals surface area contributed by atoms with E-state index in [2.05, 4.69) is 11.5 Å². The summed E-state index contributed by atoms with van der Waals surface area (Å²) in [5.74, 6) is 0.355. The van der Waals surface area contributed by atoms with Gasteiger partial charge >= 0.3 is 5.97 Å². The van der Waals surface area contributed by atoms with E-state index in [4.69, 9.17) is 5.11 Å². The minimum atomic E-state index is -0.813. The van der Waals surface area contributed by atoms with Crippen molar-refractivity contribution in [3.8, 4) is 0 Å². The summed E-state index contributed by atoms with van der Waals surface area (Å²) in [4.78, 5) is 11.2. The van der Waals surface area contributed by atoms with Crippen LogP contribution in [-0.4, -0.2) is 26.6 Å². The van der Waals surface area contributed by atoms with Crippen LogP contribution in [0.3, 0.4) is 0 Å². The van der Waals surface area contributed by atoms with Crippen molar-refractivity contribution in [1.29, 1.82) is 0 Å². The van der Waals surface area contributed by atoms with Crippen molar-refractivity contribution in [3.63, 3.8) is 0 Å². The zero-order valence-corrected chi connectivity index (χ0v) is 12.1. The molecule has 18 heavy (non-hydrogen) atoms. The third-order valence-corrected chi connectivity index (χ3v) is 5.07. The Hall–Kier alpha value is -0.900. The fourth-order valence-electron chi connectivity index (χ4n) is 3.09. The maximum Gasteiger partial charge on any atom is 0.337 e. The molecule has 1 aromatic rings.